The average molecular weight is 392 g/mol. The van der Waals surface area contributed by atoms with Crippen LogP contribution in [0.4, 0.5) is 0 Å². The molecule has 0 aliphatic heterocycles. The van der Waals surface area contributed by atoms with Crippen molar-refractivity contribution in [2.24, 2.45) is 52.8 Å². The van der Waals surface area contributed by atoms with Crippen LogP contribution in [0.5, 0.6) is 0 Å². The standard InChI is InChI=1S/C22H32O6/c1-22(2,3)9-26-11-28-21(24)19-15-8-14(18(19)20(23)27-10-25-4)16-12-5-6-13(7-12)17(15)16/h5-6,12-19H,7-11H2,1-4H3. The Labute approximate surface area is 166 Å². The molecule has 0 spiro atoms. The molecule has 0 amide bonds. The third kappa shape index (κ3) is 3.39. The second-order valence-corrected chi connectivity index (χ2v) is 10.1. The molecule has 8 atom stereocenters. The Morgan fingerprint density at radius 2 is 1.43 bits per heavy atom. The Balaban J connectivity index is 1.46. The maximum Gasteiger partial charge on any atom is 0.312 e. The van der Waals surface area contributed by atoms with Crippen LogP contribution in [0.2, 0.25) is 0 Å². The van der Waals surface area contributed by atoms with Gasteiger partial charge in [-0.3, -0.25) is 9.59 Å². The molecule has 0 heterocycles. The second-order valence-electron chi connectivity index (χ2n) is 10.1. The van der Waals surface area contributed by atoms with E-state index < -0.39 is 11.8 Å². The van der Waals surface area contributed by atoms with E-state index in [9.17, 15) is 9.59 Å². The molecule has 3 saturated carbocycles. The predicted octanol–water partition coefficient (Wildman–Crippen LogP) is 3.02. The minimum atomic E-state index is -0.429. The van der Waals surface area contributed by atoms with Crippen molar-refractivity contribution in [3.63, 3.8) is 0 Å². The van der Waals surface area contributed by atoms with Crippen LogP contribution in [0.3, 0.4) is 0 Å². The summed E-state index contributed by atoms with van der Waals surface area (Å²) in [6.07, 6.45) is 6.72. The highest BCUT2D eigenvalue weighted by atomic mass is 16.7. The van der Waals surface area contributed by atoms with Crippen molar-refractivity contribution in [2.75, 3.05) is 27.3 Å². The Morgan fingerprint density at radius 1 is 0.893 bits per heavy atom. The largest absolute Gasteiger partial charge is 0.438 e. The van der Waals surface area contributed by atoms with Crippen LogP contribution in [0, 0.1) is 52.8 Å². The van der Waals surface area contributed by atoms with Gasteiger partial charge in [0.2, 0.25) is 0 Å². The van der Waals surface area contributed by atoms with Gasteiger partial charge in [0.05, 0.1) is 18.4 Å². The third-order valence-corrected chi connectivity index (χ3v) is 7.11. The first kappa shape index (κ1) is 19.9. The number of carbonyl (C=O) groups excluding carboxylic acids is 2. The fourth-order valence-corrected chi connectivity index (χ4v) is 6.44. The van der Waals surface area contributed by atoms with Gasteiger partial charge in [-0.25, -0.2) is 0 Å². The molecule has 0 saturated heterocycles. The summed E-state index contributed by atoms with van der Waals surface area (Å²) in [4.78, 5) is 25.8. The Bertz CT molecular complexity index is 650. The first-order valence-corrected chi connectivity index (χ1v) is 10.4. The predicted molar refractivity (Wildman–Crippen MR) is 101 cm³/mol. The number of allylic oxidation sites excluding steroid dienone is 2. The minimum Gasteiger partial charge on any atom is -0.438 e. The quantitative estimate of drug-likeness (QED) is 0.218. The van der Waals surface area contributed by atoms with Crippen molar-refractivity contribution in [2.45, 2.75) is 33.6 Å². The lowest BCUT2D eigenvalue weighted by Crippen LogP contribution is -2.45. The number of hydrogen-bond acceptors (Lipinski definition) is 6. The molecule has 3 fully saturated rings. The van der Waals surface area contributed by atoms with E-state index in [0.29, 0.717) is 30.3 Å². The lowest BCUT2D eigenvalue weighted by molar-refractivity contribution is -0.179. The highest BCUT2D eigenvalue weighted by Crippen LogP contribution is 2.68. The number of carbonyl (C=O) groups is 2. The summed E-state index contributed by atoms with van der Waals surface area (Å²) >= 11 is 0. The fraction of sp³-hybridized carbons (Fsp3) is 0.818. The van der Waals surface area contributed by atoms with Crippen molar-refractivity contribution in [3.05, 3.63) is 12.2 Å². The van der Waals surface area contributed by atoms with E-state index in [2.05, 4.69) is 32.9 Å². The second kappa shape index (κ2) is 7.45. The third-order valence-electron chi connectivity index (χ3n) is 7.11. The van der Waals surface area contributed by atoms with Gasteiger partial charge >= 0.3 is 11.9 Å². The molecule has 0 aromatic heterocycles. The average Bonchev–Trinajstić information content (AvgIpc) is 3.39. The molecule has 6 heteroatoms. The summed E-state index contributed by atoms with van der Waals surface area (Å²) in [5.41, 5.74) is 0.00790. The van der Waals surface area contributed by atoms with Gasteiger partial charge in [0.15, 0.2) is 13.6 Å². The van der Waals surface area contributed by atoms with Crippen molar-refractivity contribution in [1.82, 2.24) is 0 Å². The SMILES string of the molecule is COCOC(=O)C1C2CC(C1C(=O)OCOCC(C)(C)C)C1C3C=CC(C3)C21. The van der Waals surface area contributed by atoms with Crippen LogP contribution in [-0.2, 0) is 28.5 Å². The molecule has 28 heavy (non-hydrogen) atoms. The zero-order chi connectivity index (χ0) is 20.1. The summed E-state index contributed by atoms with van der Waals surface area (Å²) in [6, 6.07) is 0. The molecule has 4 aliphatic rings. The Hall–Kier alpha value is -1.40. The number of hydrogen-bond donors (Lipinski definition) is 0. The minimum absolute atomic E-state index is 0.00790. The summed E-state index contributed by atoms with van der Waals surface area (Å²) < 4.78 is 21.2. The normalized spacial score (nSPS) is 40.0. The molecule has 0 aromatic rings. The summed E-state index contributed by atoms with van der Waals surface area (Å²) in [7, 11) is 1.49. The zero-order valence-electron chi connectivity index (χ0n) is 17.3. The molecule has 0 N–H and O–H groups in total. The highest BCUT2D eigenvalue weighted by molar-refractivity contribution is 5.84. The number of rotatable bonds is 7. The van der Waals surface area contributed by atoms with Gasteiger partial charge in [0.1, 0.15) is 0 Å². The van der Waals surface area contributed by atoms with Crippen LogP contribution in [0.1, 0.15) is 33.6 Å². The molecular formula is C22H32O6. The molecule has 8 unspecified atom stereocenters. The van der Waals surface area contributed by atoms with Crippen LogP contribution in [0.25, 0.3) is 0 Å². The van der Waals surface area contributed by atoms with Crippen molar-refractivity contribution in [1.29, 1.82) is 0 Å². The van der Waals surface area contributed by atoms with Gasteiger partial charge in [-0.15, -0.1) is 0 Å². The van der Waals surface area contributed by atoms with Crippen LogP contribution >= 0.6 is 0 Å². The number of esters is 2. The number of methoxy groups -OCH3 is 1. The molecular weight excluding hydrogens is 360 g/mol. The van der Waals surface area contributed by atoms with E-state index in [4.69, 9.17) is 18.9 Å². The lowest BCUT2D eigenvalue weighted by atomic mass is 9.65. The van der Waals surface area contributed by atoms with E-state index >= 15 is 0 Å². The van der Waals surface area contributed by atoms with E-state index in [1.807, 2.05) is 0 Å². The van der Waals surface area contributed by atoms with Crippen LogP contribution in [-0.4, -0.2) is 39.2 Å². The topological polar surface area (TPSA) is 71.1 Å². The fourth-order valence-electron chi connectivity index (χ4n) is 6.44. The molecule has 6 nitrogen and oxygen atoms in total. The van der Waals surface area contributed by atoms with Gasteiger partial charge in [-0.2, -0.15) is 0 Å². The van der Waals surface area contributed by atoms with Crippen LogP contribution in [0.15, 0.2) is 12.2 Å². The van der Waals surface area contributed by atoms with Gasteiger partial charge in [-0.05, 0) is 53.8 Å². The van der Waals surface area contributed by atoms with Crippen molar-refractivity contribution >= 4 is 11.9 Å². The molecule has 4 rings (SSSR count). The molecule has 0 radical (unpaired) electrons. The van der Waals surface area contributed by atoms with Crippen LogP contribution < -0.4 is 0 Å². The Kier molecular flexibility index (Phi) is 5.29. The van der Waals surface area contributed by atoms with E-state index in [1.54, 1.807) is 0 Å². The van der Waals surface area contributed by atoms with E-state index in [0.717, 1.165) is 6.42 Å². The van der Waals surface area contributed by atoms with Gasteiger partial charge in [0, 0.05) is 7.11 Å². The lowest BCUT2D eigenvalue weighted by Gasteiger charge is -2.39. The summed E-state index contributed by atoms with van der Waals surface area (Å²) in [5, 5.41) is 0. The van der Waals surface area contributed by atoms with E-state index in [1.165, 1.54) is 13.5 Å². The molecule has 0 aromatic carbocycles. The smallest absolute Gasteiger partial charge is 0.312 e. The van der Waals surface area contributed by atoms with E-state index in [-0.39, 0.29) is 42.8 Å². The van der Waals surface area contributed by atoms with Crippen molar-refractivity contribution in [3.8, 4) is 0 Å². The van der Waals surface area contributed by atoms with Crippen molar-refractivity contribution < 1.29 is 28.5 Å². The highest BCUT2D eigenvalue weighted by Gasteiger charge is 2.68. The first-order valence-electron chi connectivity index (χ1n) is 10.4. The zero-order valence-corrected chi connectivity index (χ0v) is 17.3. The summed E-state index contributed by atoms with van der Waals surface area (Å²) in [5.74, 6) is 1.01. The Morgan fingerprint density at radius 3 is 1.93 bits per heavy atom. The number of ether oxygens (including phenoxy) is 4. The molecule has 4 bridgehead atoms. The maximum atomic E-state index is 13.0. The van der Waals surface area contributed by atoms with Gasteiger partial charge in [0.25, 0.3) is 0 Å². The maximum absolute atomic E-state index is 13.0. The summed E-state index contributed by atoms with van der Waals surface area (Å²) in [6.45, 7) is 6.56. The van der Waals surface area contributed by atoms with Gasteiger partial charge in [-0.1, -0.05) is 32.9 Å². The molecule has 156 valence electrons. The number of fused-ring (bicyclic) bond motifs is 9. The van der Waals surface area contributed by atoms with Gasteiger partial charge < -0.3 is 18.9 Å². The monoisotopic (exact) mass is 392 g/mol. The molecule has 4 aliphatic carbocycles. The first-order chi connectivity index (χ1) is 13.3.